The lowest BCUT2D eigenvalue weighted by molar-refractivity contribution is 0.462. The highest BCUT2D eigenvalue weighted by Crippen LogP contribution is 2.29. The Hall–Kier alpha value is -1.38. The van der Waals surface area contributed by atoms with Crippen molar-refractivity contribution in [1.29, 1.82) is 0 Å². The SMILES string of the molecule is CCCC(C)(C)c1nnn2ccccc12. The maximum atomic E-state index is 4.30. The number of hydrogen-bond donors (Lipinski definition) is 0. The molecule has 0 radical (unpaired) electrons. The minimum absolute atomic E-state index is 0.109. The molecule has 0 fully saturated rings. The van der Waals surface area contributed by atoms with Gasteiger partial charge in [0.05, 0.1) is 11.2 Å². The van der Waals surface area contributed by atoms with Gasteiger partial charge >= 0.3 is 0 Å². The fourth-order valence-electron chi connectivity index (χ4n) is 2.07. The van der Waals surface area contributed by atoms with Crippen molar-refractivity contribution in [3.63, 3.8) is 0 Å². The Morgan fingerprint density at radius 2 is 2.13 bits per heavy atom. The molecule has 3 heteroatoms. The minimum atomic E-state index is 0.109. The Labute approximate surface area is 90.1 Å². The van der Waals surface area contributed by atoms with E-state index in [1.54, 1.807) is 0 Å². The molecule has 0 amide bonds. The summed E-state index contributed by atoms with van der Waals surface area (Å²) >= 11 is 0. The Morgan fingerprint density at radius 3 is 2.87 bits per heavy atom. The van der Waals surface area contributed by atoms with E-state index in [-0.39, 0.29) is 5.41 Å². The summed E-state index contributed by atoms with van der Waals surface area (Å²) in [5.74, 6) is 0. The molecule has 0 N–H and O–H groups in total. The third kappa shape index (κ3) is 1.74. The van der Waals surface area contributed by atoms with E-state index in [9.17, 15) is 0 Å². The zero-order chi connectivity index (χ0) is 10.9. The van der Waals surface area contributed by atoms with E-state index < -0.39 is 0 Å². The van der Waals surface area contributed by atoms with Crippen molar-refractivity contribution in [2.75, 3.05) is 0 Å². The molecule has 2 rings (SSSR count). The van der Waals surface area contributed by atoms with Crippen molar-refractivity contribution in [3.05, 3.63) is 30.1 Å². The van der Waals surface area contributed by atoms with Gasteiger partial charge in [-0.25, -0.2) is 4.52 Å². The predicted octanol–water partition coefficient (Wildman–Crippen LogP) is 2.81. The van der Waals surface area contributed by atoms with E-state index in [2.05, 4.69) is 37.1 Å². The van der Waals surface area contributed by atoms with Crippen LogP contribution < -0.4 is 0 Å². The molecule has 3 nitrogen and oxygen atoms in total. The lowest BCUT2D eigenvalue weighted by Gasteiger charge is -2.21. The second-order valence-corrected chi connectivity index (χ2v) is 4.60. The lowest BCUT2D eigenvalue weighted by Crippen LogP contribution is -2.17. The molecule has 0 aromatic carbocycles. The number of aromatic nitrogens is 3. The standard InChI is InChI=1S/C12H17N3/c1-4-8-12(2,3)11-10-7-5-6-9-15(10)14-13-11/h5-7,9H,4,8H2,1-3H3. The zero-order valence-electron chi connectivity index (χ0n) is 9.57. The van der Waals surface area contributed by atoms with E-state index in [1.807, 2.05) is 22.8 Å². The smallest absolute Gasteiger partial charge is 0.0961 e. The highest BCUT2D eigenvalue weighted by Gasteiger charge is 2.25. The summed E-state index contributed by atoms with van der Waals surface area (Å²) in [6, 6.07) is 6.08. The van der Waals surface area contributed by atoms with Crippen LogP contribution in [-0.4, -0.2) is 14.8 Å². The molecule has 0 atom stereocenters. The Balaban J connectivity index is 2.52. The molecule has 2 heterocycles. The quantitative estimate of drug-likeness (QED) is 0.767. The van der Waals surface area contributed by atoms with E-state index in [4.69, 9.17) is 0 Å². The first-order valence-electron chi connectivity index (χ1n) is 5.45. The van der Waals surface area contributed by atoms with E-state index >= 15 is 0 Å². The summed E-state index contributed by atoms with van der Waals surface area (Å²) in [6.45, 7) is 6.66. The van der Waals surface area contributed by atoms with Gasteiger partial charge in [-0.3, -0.25) is 0 Å². The average Bonchev–Trinajstić information content (AvgIpc) is 2.61. The molecule has 2 aromatic rings. The molecule has 15 heavy (non-hydrogen) atoms. The van der Waals surface area contributed by atoms with Crippen LogP contribution in [0.15, 0.2) is 24.4 Å². The number of hydrogen-bond acceptors (Lipinski definition) is 2. The normalized spacial score (nSPS) is 12.2. The molecular weight excluding hydrogens is 186 g/mol. The summed E-state index contributed by atoms with van der Waals surface area (Å²) < 4.78 is 1.84. The molecule has 0 unspecified atom stereocenters. The first-order valence-corrected chi connectivity index (χ1v) is 5.45. The van der Waals surface area contributed by atoms with Crippen molar-refractivity contribution in [2.45, 2.75) is 39.0 Å². The fourth-order valence-corrected chi connectivity index (χ4v) is 2.07. The predicted molar refractivity (Wildman–Crippen MR) is 60.9 cm³/mol. The summed E-state index contributed by atoms with van der Waals surface area (Å²) in [7, 11) is 0. The second-order valence-electron chi connectivity index (χ2n) is 4.60. The Bertz CT molecular complexity index is 457. The van der Waals surface area contributed by atoms with Crippen LogP contribution in [0.3, 0.4) is 0 Å². The topological polar surface area (TPSA) is 30.2 Å². The van der Waals surface area contributed by atoms with Crippen LogP contribution in [0.2, 0.25) is 0 Å². The maximum absolute atomic E-state index is 4.30. The van der Waals surface area contributed by atoms with Gasteiger partial charge in [-0.15, -0.1) is 5.10 Å². The summed E-state index contributed by atoms with van der Waals surface area (Å²) in [5, 5.41) is 8.43. The molecular formula is C12H17N3. The zero-order valence-corrected chi connectivity index (χ0v) is 9.57. The van der Waals surface area contributed by atoms with Crippen LogP contribution >= 0.6 is 0 Å². The maximum Gasteiger partial charge on any atom is 0.0961 e. The lowest BCUT2D eigenvalue weighted by atomic mass is 9.84. The third-order valence-electron chi connectivity index (χ3n) is 2.84. The number of nitrogens with zero attached hydrogens (tertiary/aromatic N) is 3. The highest BCUT2D eigenvalue weighted by atomic mass is 15.4. The third-order valence-corrected chi connectivity index (χ3v) is 2.84. The van der Waals surface area contributed by atoms with E-state index in [1.165, 1.54) is 6.42 Å². The van der Waals surface area contributed by atoms with Crippen molar-refractivity contribution in [2.24, 2.45) is 0 Å². The van der Waals surface area contributed by atoms with Gasteiger partial charge in [0.1, 0.15) is 0 Å². The van der Waals surface area contributed by atoms with Crippen molar-refractivity contribution in [1.82, 2.24) is 14.8 Å². The minimum Gasteiger partial charge on any atom is -0.220 e. The summed E-state index contributed by atoms with van der Waals surface area (Å²) in [4.78, 5) is 0. The molecule has 0 bridgehead atoms. The van der Waals surface area contributed by atoms with Crippen LogP contribution in [0.5, 0.6) is 0 Å². The van der Waals surface area contributed by atoms with Crippen molar-refractivity contribution >= 4 is 5.52 Å². The van der Waals surface area contributed by atoms with Gasteiger partial charge in [0, 0.05) is 11.6 Å². The fraction of sp³-hybridized carbons (Fsp3) is 0.500. The summed E-state index contributed by atoms with van der Waals surface area (Å²) in [5.41, 5.74) is 2.33. The molecule has 0 aliphatic heterocycles. The number of pyridine rings is 1. The van der Waals surface area contributed by atoms with Crippen molar-refractivity contribution in [3.8, 4) is 0 Å². The van der Waals surface area contributed by atoms with Gasteiger partial charge in [-0.2, -0.15) is 0 Å². The van der Waals surface area contributed by atoms with Crippen LogP contribution in [0.4, 0.5) is 0 Å². The highest BCUT2D eigenvalue weighted by molar-refractivity contribution is 5.53. The van der Waals surface area contributed by atoms with Crippen LogP contribution in [0.1, 0.15) is 39.3 Å². The Kier molecular flexibility index (Phi) is 2.47. The molecule has 0 aliphatic rings. The molecule has 80 valence electrons. The van der Waals surface area contributed by atoms with Gasteiger partial charge in [0.15, 0.2) is 0 Å². The summed E-state index contributed by atoms with van der Waals surface area (Å²) in [6.07, 6.45) is 4.24. The van der Waals surface area contributed by atoms with Gasteiger partial charge in [-0.05, 0) is 18.6 Å². The van der Waals surface area contributed by atoms with Crippen LogP contribution in [-0.2, 0) is 5.41 Å². The monoisotopic (exact) mass is 203 g/mol. The largest absolute Gasteiger partial charge is 0.220 e. The molecule has 0 saturated heterocycles. The van der Waals surface area contributed by atoms with Gasteiger partial charge in [-0.1, -0.05) is 38.5 Å². The Morgan fingerprint density at radius 1 is 1.33 bits per heavy atom. The molecule has 0 aliphatic carbocycles. The van der Waals surface area contributed by atoms with E-state index in [0.717, 1.165) is 17.6 Å². The second kappa shape index (κ2) is 3.65. The van der Waals surface area contributed by atoms with E-state index in [0.29, 0.717) is 0 Å². The van der Waals surface area contributed by atoms with Gasteiger partial charge in [0.2, 0.25) is 0 Å². The molecule has 0 spiro atoms. The van der Waals surface area contributed by atoms with Crippen LogP contribution in [0.25, 0.3) is 5.52 Å². The molecule has 2 aromatic heterocycles. The van der Waals surface area contributed by atoms with Crippen molar-refractivity contribution < 1.29 is 0 Å². The van der Waals surface area contributed by atoms with Gasteiger partial charge < -0.3 is 0 Å². The average molecular weight is 203 g/mol. The number of fused-ring (bicyclic) bond motifs is 1. The first kappa shape index (κ1) is 10.1. The van der Waals surface area contributed by atoms with Gasteiger partial charge in [0.25, 0.3) is 0 Å². The first-order chi connectivity index (χ1) is 7.15. The van der Waals surface area contributed by atoms with Crippen LogP contribution in [0, 0.1) is 0 Å². The molecule has 0 saturated carbocycles. The number of rotatable bonds is 3.